The van der Waals surface area contributed by atoms with Crippen molar-refractivity contribution >= 4 is 5.91 Å². The summed E-state index contributed by atoms with van der Waals surface area (Å²) in [5, 5.41) is 2.86. The number of hydrogen-bond donors (Lipinski definition) is 1. The van der Waals surface area contributed by atoms with E-state index in [4.69, 9.17) is 4.74 Å². The summed E-state index contributed by atoms with van der Waals surface area (Å²) < 4.78 is 4.72. The molecule has 0 aliphatic carbocycles. The molecule has 0 radical (unpaired) electrons. The van der Waals surface area contributed by atoms with E-state index >= 15 is 0 Å². The van der Waals surface area contributed by atoms with Crippen LogP contribution >= 0.6 is 0 Å². The van der Waals surface area contributed by atoms with Crippen LogP contribution in [0.5, 0.6) is 0 Å². The van der Waals surface area contributed by atoms with Gasteiger partial charge in [-0.1, -0.05) is 0 Å². The van der Waals surface area contributed by atoms with E-state index in [1.54, 1.807) is 0 Å². The molecule has 4 heteroatoms. The molecule has 0 aromatic rings. The van der Waals surface area contributed by atoms with E-state index in [1.165, 1.54) is 13.5 Å². The average Bonchev–Trinajstić information content (AvgIpc) is 2.49. The molecule has 0 bridgehead atoms. The van der Waals surface area contributed by atoms with E-state index in [0.717, 1.165) is 19.6 Å². The highest BCUT2D eigenvalue weighted by molar-refractivity contribution is 5.77. The lowest BCUT2D eigenvalue weighted by Gasteiger charge is -2.11. The molecule has 1 rings (SSSR count). The molecule has 0 spiro atoms. The minimum atomic E-state index is -0.0166. The lowest BCUT2D eigenvalue weighted by atomic mass is 10.1. The molecule has 1 atom stereocenters. The molecule has 1 heterocycles. The molecule has 1 aliphatic rings. The second-order valence-corrected chi connectivity index (χ2v) is 3.65. The van der Waals surface area contributed by atoms with Crippen molar-refractivity contribution in [2.45, 2.75) is 6.42 Å². The number of nitrogens with one attached hydrogen (secondary N) is 1. The summed E-state index contributed by atoms with van der Waals surface area (Å²) in [4.78, 5) is 13.3. The van der Waals surface area contributed by atoms with Crippen LogP contribution < -0.4 is 5.32 Å². The molecule has 0 aromatic carbocycles. The number of carbonyl (C=O) groups excluding carboxylic acids is 1. The highest BCUT2D eigenvalue weighted by Gasteiger charge is 2.19. The van der Waals surface area contributed by atoms with Gasteiger partial charge in [-0.05, 0) is 25.9 Å². The molecule has 1 unspecified atom stereocenters. The largest absolute Gasteiger partial charge is 0.375 e. The van der Waals surface area contributed by atoms with Crippen molar-refractivity contribution in [1.82, 2.24) is 10.2 Å². The molecular formula is C9H18N2O2. The van der Waals surface area contributed by atoms with E-state index < -0.39 is 0 Å². The number of carbonyl (C=O) groups is 1. The number of nitrogens with zero attached hydrogens (tertiary/aromatic N) is 1. The Labute approximate surface area is 79.2 Å². The van der Waals surface area contributed by atoms with Gasteiger partial charge in [-0.2, -0.15) is 0 Å². The summed E-state index contributed by atoms with van der Waals surface area (Å²) in [6.07, 6.45) is 1.18. The molecule has 1 saturated heterocycles. The fourth-order valence-corrected chi connectivity index (χ4v) is 1.63. The maximum Gasteiger partial charge on any atom is 0.245 e. The Bertz CT molecular complexity index is 173. The van der Waals surface area contributed by atoms with Crippen LogP contribution in [0.4, 0.5) is 0 Å². The van der Waals surface area contributed by atoms with Crippen LogP contribution in [-0.2, 0) is 9.53 Å². The predicted molar refractivity (Wildman–Crippen MR) is 50.5 cm³/mol. The quantitative estimate of drug-likeness (QED) is 0.655. The smallest absolute Gasteiger partial charge is 0.245 e. The van der Waals surface area contributed by atoms with Gasteiger partial charge in [0.1, 0.15) is 6.61 Å². The third-order valence-electron chi connectivity index (χ3n) is 2.35. The monoisotopic (exact) mass is 186 g/mol. The Morgan fingerprint density at radius 3 is 3.00 bits per heavy atom. The van der Waals surface area contributed by atoms with E-state index in [2.05, 4.69) is 17.3 Å². The molecule has 4 nitrogen and oxygen atoms in total. The number of methoxy groups -OCH3 is 1. The molecule has 1 amide bonds. The highest BCUT2D eigenvalue weighted by atomic mass is 16.5. The zero-order chi connectivity index (χ0) is 9.68. The third-order valence-corrected chi connectivity index (χ3v) is 2.35. The lowest BCUT2D eigenvalue weighted by Crippen LogP contribution is -2.32. The van der Waals surface area contributed by atoms with Gasteiger partial charge in [0, 0.05) is 20.2 Å². The van der Waals surface area contributed by atoms with Crippen molar-refractivity contribution < 1.29 is 9.53 Å². The molecule has 13 heavy (non-hydrogen) atoms. The highest BCUT2D eigenvalue weighted by Crippen LogP contribution is 2.12. The summed E-state index contributed by atoms with van der Waals surface area (Å²) >= 11 is 0. The van der Waals surface area contributed by atoms with Gasteiger partial charge in [-0.15, -0.1) is 0 Å². The van der Waals surface area contributed by atoms with Gasteiger partial charge < -0.3 is 15.0 Å². The normalized spacial score (nSPS) is 23.4. The van der Waals surface area contributed by atoms with Crippen LogP contribution in [0.25, 0.3) is 0 Å². The van der Waals surface area contributed by atoms with E-state index in [9.17, 15) is 4.79 Å². The van der Waals surface area contributed by atoms with Crippen molar-refractivity contribution in [3.63, 3.8) is 0 Å². The number of ether oxygens (including phenoxy) is 1. The van der Waals surface area contributed by atoms with E-state index in [-0.39, 0.29) is 12.5 Å². The minimum absolute atomic E-state index is 0.0166. The average molecular weight is 186 g/mol. The van der Waals surface area contributed by atoms with Gasteiger partial charge in [-0.3, -0.25) is 4.79 Å². The Morgan fingerprint density at radius 2 is 2.46 bits per heavy atom. The summed E-state index contributed by atoms with van der Waals surface area (Å²) in [5.41, 5.74) is 0. The van der Waals surface area contributed by atoms with Crippen molar-refractivity contribution in [2.75, 3.05) is 40.4 Å². The topological polar surface area (TPSA) is 41.6 Å². The second kappa shape index (κ2) is 5.19. The van der Waals surface area contributed by atoms with Crippen molar-refractivity contribution in [3.8, 4) is 0 Å². The van der Waals surface area contributed by atoms with Crippen LogP contribution in [0.2, 0.25) is 0 Å². The summed E-state index contributed by atoms with van der Waals surface area (Å²) in [7, 11) is 3.64. The standard InChI is InChI=1S/C9H18N2O2/c1-11-4-3-8(6-11)5-10-9(12)7-13-2/h8H,3-7H2,1-2H3,(H,10,12). The van der Waals surface area contributed by atoms with Gasteiger partial charge >= 0.3 is 0 Å². The number of hydrogen-bond acceptors (Lipinski definition) is 3. The van der Waals surface area contributed by atoms with Crippen LogP contribution in [-0.4, -0.2) is 51.2 Å². The summed E-state index contributed by atoms with van der Waals surface area (Å²) in [6, 6.07) is 0. The van der Waals surface area contributed by atoms with Gasteiger partial charge in [0.2, 0.25) is 5.91 Å². The summed E-state index contributed by atoms with van der Waals surface area (Å²) in [5.74, 6) is 0.600. The SMILES string of the molecule is COCC(=O)NCC1CCN(C)C1. The summed E-state index contributed by atoms with van der Waals surface area (Å²) in [6.45, 7) is 3.19. The van der Waals surface area contributed by atoms with E-state index in [0.29, 0.717) is 5.92 Å². The Kier molecular flexibility index (Phi) is 4.18. The molecule has 1 aliphatic heterocycles. The Morgan fingerprint density at radius 1 is 1.69 bits per heavy atom. The van der Waals surface area contributed by atoms with Crippen molar-refractivity contribution in [2.24, 2.45) is 5.92 Å². The van der Waals surface area contributed by atoms with E-state index in [1.807, 2.05) is 0 Å². The lowest BCUT2D eigenvalue weighted by molar-refractivity contribution is -0.124. The Hall–Kier alpha value is -0.610. The first-order chi connectivity index (χ1) is 6.22. The second-order valence-electron chi connectivity index (χ2n) is 3.65. The first-order valence-electron chi connectivity index (χ1n) is 4.66. The zero-order valence-electron chi connectivity index (χ0n) is 8.38. The van der Waals surface area contributed by atoms with Gasteiger partial charge in [0.15, 0.2) is 0 Å². The number of amides is 1. The van der Waals surface area contributed by atoms with Crippen LogP contribution in [0, 0.1) is 5.92 Å². The zero-order valence-corrected chi connectivity index (χ0v) is 8.38. The maximum absolute atomic E-state index is 11.0. The van der Waals surface area contributed by atoms with Crippen molar-refractivity contribution in [1.29, 1.82) is 0 Å². The van der Waals surface area contributed by atoms with Crippen LogP contribution in [0.1, 0.15) is 6.42 Å². The van der Waals surface area contributed by atoms with Crippen LogP contribution in [0.15, 0.2) is 0 Å². The van der Waals surface area contributed by atoms with Crippen molar-refractivity contribution in [3.05, 3.63) is 0 Å². The first-order valence-corrected chi connectivity index (χ1v) is 4.66. The van der Waals surface area contributed by atoms with Gasteiger partial charge in [0.25, 0.3) is 0 Å². The van der Waals surface area contributed by atoms with Gasteiger partial charge in [0.05, 0.1) is 0 Å². The molecule has 1 fully saturated rings. The number of likely N-dealkylation sites (tertiary alicyclic amines) is 1. The number of rotatable bonds is 4. The maximum atomic E-state index is 11.0. The minimum Gasteiger partial charge on any atom is -0.375 e. The third kappa shape index (κ3) is 3.74. The van der Waals surface area contributed by atoms with Crippen LogP contribution in [0.3, 0.4) is 0 Å². The molecule has 0 saturated carbocycles. The molecule has 76 valence electrons. The molecule has 0 aromatic heterocycles. The predicted octanol–water partition coefficient (Wildman–Crippen LogP) is -0.299. The fraction of sp³-hybridized carbons (Fsp3) is 0.889. The Balaban J connectivity index is 2.09. The van der Waals surface area contributed by atoms with Gasteiger partial charge in [-0.25, -0.2) is 0 Å². The fourth-order valence-electron chi connectivity index (χ4n) is 1.63. The first kappa shape index (κ1) is 10.5. The molecular weight excluding hydrogens is 168 g/mol. The molecule has 1 N–H and O–H groups in total.